The summed E-state index contributed by atoms with van der Waals surface area (Å²) in [5, 5.41) is 0. The third kappa shape index (κ3) is 14.6. The van der Waals surface area contributed by atoms with Crippen LogP contribution < -0.4 is 0 Å². The molecule has 4 atom stereocenters. The van der Waals surface area contributed by atoms with E-state index in [0.29, 0.717) is 0 Å². The molecule has 36 heavy (non-hydrogen) atoms. The molecule has 0 aromatic heterocycles. The number of unbranched alkanes of at least 4 members (excludes halogenated alkanes) is 8. The molecule has 0 aromatic rings. The third-order valence-corrected chi connectivity index (χ3v) is 10.7. The smallest absolute Gasteiger partial charge is 0.324 e. The van der Waals surface area contributed by atoms with Crippen molar-refractivity contribution in [2.24, 2.45) is 0 Å². The SMILES string of the molecule is CCCCCCCCCCCN1[C@@H](COP(=O)(O)CP(=O)(O)O)[C@]1(C)CC/C=C(\C)CCC=C(C)C. The summed E-state index contributed by atoms with van der Waals surface area (Å²) in [7, 11) is -8.95. The molecule has 0 saturated carbocycles. The minimum absolute atomic E-state index is 0.0110. The second kappa shape index (κ2) is 16.6. The normalized spacial score (nSPS) is 23.9. The van der Waals surface area contributed by atoms with E-state index in [0.717, 1.165) is 38.6 Å². The molecular formula is C27H53NO6P2. The summed E-state index contributed by atoms with van der Waals surface area (Å²) in [5.41, 5.74) is 2.58. The molecular weight excluding hydrogens is 496 g/mol. The van der Waals surface area contributed by atoms with Crippen LogP contribution in [0.25, 0.3) is 0 Å². The number of nitrogens with zero attached hydrogens (tertiary/aromatic N) is 1. The first kappa shape index (κ1) is 33.8. The van der Waals surface area contributed by atoms with Gasteiger partial charge in [-0.15, -0.1) is 0 Å². The van der Waals surface area contributed by atoms with Gasteiger partial charge in [0.15, 0.2) is 5.90 Å². The Bertz CT molecular complexity index is 789. The first-order valence-corrected chi connectivity index (χ1v) is 17.4. The highest BCUT2D eigenvalue weighted by molar-refractivity contribution is 7.70. The van der Waals surface area contributed by atoms with Crippen molar-refractivity contribution < 1.29 is 28.3 Å². The summed E-state index contributed by atoms with van der Waals surface area (Å²) in [6.07, 6.45) is 19.8. The van der Waals surface area contributed by atoms with E-state index in [1.54, 1.807) is 0 Å². The van der Waals surface area contributed by atoms with Crippen molar-refractivity contribution in [3.05, 3.63) is 23.3 Å². The fourth-order valence-electron chi connectivity index (χ4n) is 4.93. The average Bonchev–Trinajstić information content (AvgIpc) is 3.31. The lowest BCUT2D eigenvalue weighted by Crippen LogP contribution is -2.15. The van der Waals surface area contributed by atoms with Crippen LogP contribution in [0.4, 0.5) is 0 Å². The molecule has 0 spiro atoms. The summed E-state index contributed by atoms with van der Waals surface area (Å²) in [6, 6.07) is -0.0110. The second-order valence-electron chi connectivity index (χ2n) is 11.0. The average molecular weight is 550 g/mol. The molecule has 1 rings (SSSR count). The molecule has 1 aliphatic heterocycles. The van der Waals surface area contributed by atoms with Gasteiger partial charge < -0.3 is 19.2 Å². The van der Waals surface area contributed by atoms with Crippen molar-refractivity contribution in [1.29, 1.82) is 0 Å². The summed E-state index contributed by atoms with van der Waals surface area (Å²) in [5.74, 6) is -1.13. The summed E-state index contributed by atoms with van der Waals surface area (Å²) >= 11 is 0. The van der Waals surface area contributed by atoms with Gasteiger partial charge in [-0.05, 0) is 66.3 Å². The molecule has 0 aliphatic carbocycles. The zero-order valence-corrected chi connectivity index (χ0v) is 25.2. The Kier molecular flexibility index (Phi) is 15.6. The van der Waals surface area contributed by atoms with Gasteiger partial charge in [-0.3, -0.25) is 14.0 Å². The minimum atomic E-state index is -4.62. The van der Waals surface area contributed by atoms with Crippen molar-refractivity contribution >= 4 is 15.2 Å². The second-order valence-corrected chi connectivity index (χ2v) is 15.0. The molecule has 9 heteroatoms. The number of hydrogen-bond donors (Lipinski definition) is 3. The Morgan fingerprint density at radius 2 is 1.50 bits per heavy atom. The van der Waals surface area contributed by atoms with Crippen LogP contribution in [0.15, 0.2) is 23.3 Å². The Morgan fingerprint density at radius 1 is 0.917 bits per heavy atom. The van der Waals surface area contributed by atoms with E-state index >= 15 is 0 Å². The van der Waals surface area contributed by atoms with Gasteiger partial charge >= 0.3 is 15.2 Å². The van der Waals surface area contributed by atoms with Gasteiger partial charge in [0.2, 0.25) is 0 Å². The monoisotopic (exact) mass is 549 g/mol. The van der Waals surface area contributed by atoms with Crippen LogP contribution in [0, 0.1) is 0 Å². The highest BCUT2D eigenvalue weighted by Crippen LogP contribution is 2.56. The van der Waals surface area contributed by atoms with E-state index in [-0.39, 0.29) is 18.2 Å². The maximum Gasteiger partial charge on any atom is 0.340 e. The number of allylic oxidation sites excluding steroid dienone is 4. The quantitative estimate of drug-likeness (QED) is 0.0581. The maximum atomic E-state index is 12.2. The molecule has 0 bridgehead atoms. The number of hydrogen-bond acceptors (Lipinski definition) is 4. The molecule has 3 N–H and O–H groups in total. The maximum absolute atomic E-state index is 12.2. The van der Waals surface area contributed by atoms with E-state index in [1.165, 1.54) is 62.5 Å². The largest absolute Gasteiger partial charge is 0.340 e. The Hall–Kier alpha value is -0.260. The van der Waals surface area contributed by atoms with Crippen molar-refractivity contribution in [2.45, 2.75) is 130 Å². The van der Waals surface area contributed by atoms with Gasteiger partial charge in [-0.2, -0.15) is 0 Å². The molecule has 212 valence electrons. The first-order chi connectivity index (χ1) is 16.8. The van der Waals surface area contributed by atoms with Crippen molar-refractivity contribution in [1.82, 2.24) is 4.90 Å². The molecule has 1 aliphatic rings. The van der Waals surface area contributed by atoms with Gasteiger partial charge in [-0.1, -0.05) is 81.6 Å². The van der Waals surface area contributed by atoms with Crippen molar-refractivity contribution in [2.75, 3.05) is 19.1 Å². The van der Waals surface area contributed by atoms with Crippen LogP contribution >= 0.6 is 15.2 Å². The van der Waals surface area contributed by atoms with E-state index in [4.69, 9.17) is 14.3 Å². The molecule has 0 radical (unpaired) electrons. The Labute approximate surface area is 220 Å². The van der Waals surface area contributed by atoms with Gasteiger partial charge in [0.25, 0.3) is 0 Å². The molecule has 1 fully saturated rings. The fraction of sp³-hybridized carbons (Fsp3) is 0.852. The first-order valence-electron chi connectivity index (χ1n) is 13.9. The molecule has 0 aromatic carbocycles. The molecule has 0 amide bonds. The predicted octanol–water partition coefficient (Wildman–Crippen LogP) is 7.77. The molecule has 1 heterocycles. The van der Waals surface area contributed by atoms with Gasteiger partial charge in [0.05, 0.1) is 12.6 Å². The van der Waals surface area contributed by atoms with Crippen LogP contribution in [0.3, 0.4) is 0 Å². The molecule has 1 saturated heterocycles. The molecule has 7 nitrogen and oxygen atoms in total. The van der Waals surface area contributed by atoms with Gasteiger partial charge in [-0.25, -0.2) is 0 Å². The van der Waals surface area contributed by atoms with Crippen LogP contribution in [-0.4, -0.2) is 50.2 Å². The highest BCUT2D eigenvalue weighted by atomic mass is 31.2. The lowest BCUT2D eigenvalue weighted by Gasteiger charge is -2.13. The van der Waals surface area contributed by atoms with Gasteiger partial charge in [0.1, 0.15) is 0 Å². The lowest BCUT2D eigenvalue weighted by atomic mass is 9.99. The minimum Gasteiger partial charge on any atom is -0.324 e. The topological polar surface area (TPSA) is 107 Å². The summed E-state index contributed by atoms with van der Waals surface area (Å²) in [6.45, 7) is 11.7. The van der Waals surface area contributed by atoms with Crippen LogP contribution in [0.1, 0.15) is 118 Å². The third-order valence-electron chi connectivity index (χ3n) is 7.22. The van der Waals surface area contributed by atoms with Gasteiger partial charge in [0, 0.05) is 5.54 Å². The van der Waals surface area contributed by atoms with Crippen LogP contribution in [0.2, 0.25) is 0 Å². The van der Waals surface area contributed by atoms with E-state index in [9.17, 15) is 14.0 Å². The standard InChI is InChI=1S/C27H53NO6P2/c1-6-7-8-9-10-11-12-13-14-21-28-26(22-34-36(32,33)23-35(29,30)31)27(28,5)20-16-19-25(4)18-15-17-24(2)3/h17,19,26H,6-16,18,20-23H2,1-5H3,(H,32,33)(H2,29,30,31)/b25-19+/t26-,27-,28?/m0/s1. The highest BCUT2D eigenvalue weighted by Gasteiger charge is 2.58. The zero-order valence-electron chi connectivity index (χ0n) is 23.5. The number of rotatable bonds is 21. The van der Waals surface area contributed by atoms with E-state index in [1.807, 2.05) is 0 Å². The Balaban J connectivity index is 2.57. The zero-order chi connectivity index (χ0) is 27.2. The Morgan fingerprint density at radius 3 is 2.06 bits per heavy atom. The summed E-state index contributed by atoms with van der Waals surface area (Å²) in [4.78, 5) is 30.4. The fourth-order valence-corrected chi connectivity index (χ4v) is 7.49. The summed E-state index contributed by atoms with van der Waals surface area (Å²) < 4.78 is 28.6. The van der Waals surface area contributed by atoms with E-state index < -0.39 is 21.1 Å². The van der Waals surface area contributed by atoms with Crippen LogP contribution in [0.5, 0.6) is 0 Å². The van der Waals surface area contributed by atoms with Crippen molar-refractivity contribution in [3.63, 3.8) is 0 Å². The van der Waals surface area contributed by atoms with Crippen molar-refractivity contribution in [3.8, 4) is 0 Å². The molecule has 2 unspecified atom stereocenters. The lowest BCUT2D eigenvalue weighted by molar-refractivity contribution is 0.247. The predicted molar refractivity (Wildman–Crippen MR) is 150 cm³/mol. The van der Waals surface area contributed by atoms with E-state index in [2.05, 4.69) is 51.7 Å². The van der Waals surface area contributed by atoms with Crippen LogP contribution in [-0.2, 0) is 13.7 Å².